The topological polar surface area (TPSA) is 121 Å². The minimum absolute atomic E-state index is 0.0296. The summed E-state index contributed by atoms with van der Waals surface area (Å²) in [6, 6.07) is -0.0689. The zero-order valence-electron chi connectivity index (χ0n) is 20.6. The Balaban J connectivity index is 1.57. The molecule has 0 spiro atoms. The van der Waals surface area contributed by atoms with Crippen LogP contribution in [0.3, 0.4) is 0 Å². The average molecular weight is 510 g/mol. The standard InChI is InChI=1S/C23H32ClN5O6/c1-22(2,3)35-21(31)28(12-8-6-7-9-12)17-13-10-25-29(18(13)27-20(24)26-17)19-16-15(14(11-30)32-19)33-23(4,5)34-16/h10,12,14-16,19,30H,6-9,11H2,1-5H3/t14-,15-,16-,19-/m1/s1. The van der Waals surface area contributed by atoms with Crippen LogP contribution in [0.2, 0.25) is 5.28 Å². The van der Waals surface area contributed by atoms with Crippen molar-refractivity contribution in [1.82, 2.24) is 19.7 Å². The molecule has 0 radical (unpaired) electrons. The molecule has 4 atom stereocenters. The highest BCUT2D eigenvalue weighted by molar-refractivity contribution is 6.28. The van der Waals surface area contributed by atoms with Crippen LogP contribution in [0.4, 0.5) is 10.6 Å². The maximum Gasteiger partial charge on any atom is 0.416 e. The van der Waals surface area contributed by atoms with Crippen LogP contribution in [0.15, 0.2) is 6.20 Å². The molecule has 5 rings (SSSR count). The lowest BCUT2D eigenvalue weighted by Gasteiger charge is -2.31. The predicted octanol–water partition coefficient (Wildman–Crippen LogP) is 3.57. The normalized spacial score (nSPS) is 28.5. The fourth-order valence-electron chi connectivity index (χ4n) is 5.14. The number of nitrogens with zero attached hydrogens (tertiary/aromatic N) is 5. The molecule has 2 aromatic heterocycles. The average Bonchev–Trinajstić information content (AvgIpc) is 3.50. The van der Waals surface area contributed by atoms with Crippen LogP contribution in [0, 0.1) is 0 Å². The van der Waals surface area contributed by atoms with E-state index < -0.39 is 42.0 Å². The van der Waals surface area contributed by atoms with Crippen molar-refractivity contribution < 1.29 is 28.8 Å². The molecule has 1 saturated carbocycles. The molecule has 2 aromatic rings. The number of rotatable bonds is 4. The van der Waals surface area contributed by atoms with Crippen molar-refractivity contribution in [1.29, 1.82) is 0 Å². The maximum absolute atomic E-state index is 13.4. The molecule has 0 aromatic carbocycles. The SMILES string of the molecule is CC(C)(C)OC(=O)N(c1nc(Cl)nc2c1cnn2[C@@H]1O[C@H](CO)[C@H]2OC(C)(C)O[C@H]21)C1CCCC1. The molecule has 0 bridgehead atoms. The Bertz CT molecular complexity index is 1110. The summed E-state index contributed by atoms with van der Waals surface area (Å²) in [6.45, 7) is 8.88. The fraction of sp³-hybridized carbons (Fsp3) is 0.739. The fourth-order valence-corrected chi connectivity index (χ4v) is 5.30. The van der Waals surface area contributed by atoms with Gasteiger partial charge in [-0.2, -0.15) is 15.1 Å². The molecule has 1 aliphatic carbocycles. The molecule has 2 saturated heterocycles. The number of ether oxygens (including phenoxy) is 4. The molecule has 0 unspecified atom stereocenters. The van der Waals surface area contributed by atoms with Gasteiger partial charge in [-0.15, -0.1) is 0 Å². The molecule has 192 valence electrons. The number of hydrogen-bond acceptors (Lipinski definition) is 9. The Kier molecular flexibility index (Phi) is 6.20. The Morgan fingerprint density at radius 3 is 2.60 bits per heavy atom. The molecular formula is C23H32ClN5O6. The van der Waals surface area contributed by atoms with Gasteiger partial charge >= 0.3 is 6.09 Å². The monoisotopic (exact) mass is 509 g/mol. The summed E-state index contributed by atoms with van der Waals surface area (Å²) in [4.78, 5) is 23.8. The number of amides is 1. The van der Waals surface area contributed by atoms with E-state index in [9.17, 15) is 9.90 Å². The number of aromatic nitrogens is 4. The second-order valence-electron chi connectivity index (χ2n) is 10.7. The van der Waals surface area contributed by atoms with Gasteiger partial charge in [0.05, 0.1) is 18.2 Å². The van der Waals surface area contributed by atoms with Gasteiger partial charge in [-0.3, -0.25) is 4.90 Å². The van der Waals surface area contributed by atoms with E-state index in [0.29, 0.717) is 16.9 Å². The largest absolute Gasteiger partial charge is 0.443 e. The van der Waals surface area contributed by atoms with Crippen LogP contribution in [0.25, 0.3) is 11.0 Å². The quantitative estimate of drug-likeness (QED) is 0.616. The number of fused-ring (bicyclic) bond motifs is 2. The molecule has 3 aliphatic rings. The zero-order valence-corrected chi connectivity index (χ0v) is 21.4. The van der Waals surface area contributed by atoms with E-state index in [2.05, 4.69) is 15.1 Å². The van der Waals surface area contributed by atoms with Gasteiger partial charge in [-0.1, -0.05) is 12.8 Å². The van der Waals surface area contributed by atoms with Gasteiger partial charge in [0.1, 0.15) is 23.9 Å². The minimum Gasteiger partial charge on any atom is -0.443 e. The Labute approximate surface area is 208 Å². The summed E-state index contributed by atoms with van der Waals surface area (Å²) < 4.78 is 25.4. The molecule has 12 heteroatoms. The molecular weight excluding hydrogens is 478 g/mol. The van der Waals surface area contributed by atoms with Gasteiger partial charge in [0.25, 0.3) is 0 Å². The molecule has 2 aliphatic heterocycles. The van der Waals surface area contributed by atoms with E-state index in [-0.39, 0.29) is 17.9 Å². The first kappa shape index (κ1) is 24.6. The number of hydrogen-bond donors (Lipinski definition) is 1. The third-order valence-corrected chi connectivity index (χ3v) is 6.63. The summed E-state index contributed by atoms with van der Waals surface area (Å²) in [7, 11) is 0. The Morgan fingerprint density at radius 1 is 1.26 bits per heavy atom. The highest BCUT2D eigenvalue weighted by Crippen LogP contribution is 2.44. The second-order valence-corrected chi connectivity index (χ2v) is 11.1. The molecule has 4 heterocycles. The summed E-state index contributed by atoms with van der Waals surface area (Å²) in [5, 5.41) is 14.9. The first-order valence-corrected chi connectivity index (χ1v) is 12.4. The molecule has 1 amide bonds. The van der Waals surface area contributed by atoms with E-state index >= 15 is 0 Å². The van der Waals surface area contributed by atoms with Crippen LogP contribution >= 0.6 is 11.6 Å². The highest BCUT2D eigenvalue weighted by Gasteiger charge is 2.56. The van der Waals surface area contributed by atoms with Gasteiger partial charge in [-0.25, -0.2) is 9.48 Å². The van der Waals surface area contributed by atoms with Crippen LogP contribution in [0.1, 0.15) is 66.5 Å². The predicted molar refractivity (Wildman–Crippen MR) is 126 cm³/mol. The van der Waals surface area contributed by atoms with Gasteiger partial charge in [0.2, 0.25) is 5.28 Å². The highest BCUT2D eigenvalue weighted by atomic mass is 35.5. The van der Waals surface area contributed by atoms with E-state index in [1.165, 1.54) is 0 Å². The lowest BCUT2D eigenvalue weighted by Crippen LogP contribution is -2.43. The van der Waals surface area contributed by atoms with Crippen LogP contribution in [-0.2, 0) is 18.9 Å². The van der Waals surface area contributed by atoms with Crippen molar-refractivity contribution in [2.45, 2.75) is 102 Å². The lowest BCUT2D eigenvalue weighted by molar-refractivity contribution is -0.201. The number of aliphatic hydroxyl groups excluding tert-OH is 1. The van der Waals surface area contributed by atoms with Crippen molar-refractivity contribution >= 4 is 34.5 Å². The molecule has 1 N–H and O–H groups in total. The number of carbonyl (C=O) groups excluding carboxylic acids is 1. The van der Waals surface area contributed by atoms with Gasteiger partial charge in [0, 0.05) is 6.04 Å². The summed E-state index contributed by atoms with van der Waals surface area (Å²) in [5.74, 6) is -0.480. The van der Waals surface area contributed by atoms with Crippen molar-refractivity contribution in [3.05, 3.63) is 11.5 Å². The molecule has 3 fully saturated rings. The zero-order chi connectivity index (χ0) is 25.1. The maximum atomic E-state index is 13.4. The number of anilines is 1. The summed E-state index contributed by atoms with van der Waals surface area (Å²) in [5.41, 5.74) is -0.283. The van der Waals surface area contributed by atoms with Crippen LogP contribution in [-0.4, -0.2) is 73.3 Å². The first-order valence-electron chi connectivity index (χ1n) is 12.0. The second kappa shape index (κ2) is 8.81. The smallest absolute Gasteiger partial charge is 0.416 e. The molecule has 35 heavy (non-hydrogen) atoms. The van der Waals surface area contributed by atoms with Crippen molar-refractivity contribution in [3.8, 4) is 0 Å². The lowest BCUT2D eigenvalue weighted by atomic mass is 10.1. The van der Waals surface area contributed by atoms with Crippen molar-refractivity contribution in [2.24, 2.45) is 0 Å². The van der Waals surface area contributed by atoms with Crippen LogP contribution in [0.5, 0.6) is 0 Å². The number of carbonyl (C=O) groups is 1. The van der Waals surface area contributed by atoms with Crippen molar-refractivity contribution in [3.63, 3.8) is 0 Å². The number of aliphatic hydroxyl groups is 1. The third kappa shape index (κ3) is 4.60. The van der Waals surface area contributed by atoms with Gasteiger partial charge in [0.15, 0.2) is 23.5 Å². The van der Waals surface area contributed by atoms with Crippen molar-refractivity contribution in [2.75, 3.05) is 11.5 Å². The first-order chi connectivity index (χ1) is 16.5. The van der Waals surface area contributed by atoms with E-state index in [0.717, 1.165) is 25.7 Å². The van der Waals surface area contributed by atoms with Gasteiger partial charge in [-0.05, 0) is 59.1 Å². The Hall–Kier alpha value is -2.05. The third-order valence-electron chi connectivity index (χ3n) is 6.46. The summed E-state index contributed by atoms with van der Waals surface area (Å²) in [6.07, 6.45) is 2.54. The number of halogens is 1. The summed E-state index contributed by atoms with van der Waals surface area (Å²) >= 11 is 6.38. The Morgan fingerprint density at radius 2 is 1.94 bits per heavy atom. The minimum atomic E-state index is -0.832. The van der Waals surface area contributed by atoms with E-state index in [4.69, 9.17) is 30.5 Å². The molecule has 11 nitrogen and oxygen atoms in total. The van der Waals surface area contributed by atoms with Gasteiger partial charge < -0.3 is 24.1 Å². The van der Waals surface area contributed by atoms with E-state index in [1.807, 2.05) is 34.6 Å². The van der Waals surface area contributed by atoms with E-state index in [1.54, 1.807) is 15.8 Å². The van der Waals surface area contributed by atoms with Crippen LogP contribution < -0.4 is 4.90 Å².